The Labute approximate surface area is 471 Å². The highest BCUT2D eigenvalue weighted by atomic mass is 16.5. The number of ether oxygens (including phenoxy) is 4. The summed E-state index contributed by atoms with van der Waals surface area (Å²) in [5.74, 6) is 3.71. The molecule has 0 aliphatic heterocycles. The number of benzene rings is 12. The van der Waals surface area contributed by atoms with E-state index in [4.69, 9.17) is 18.9 Å². The van der Waals surface area contributed by atoms with Crippen molar-refractivity contribution in [2.45, 2.75) is 130 Å². The fourth-order valence-corrected chi connectivity index (χ4v) is 13.4. The summed E-state index contributed by atoms with van der Waals surface area (Å²) in [5.41, 5.74) is 0. The molecular formula is C76H76O4. The molecule has 0 unspecified atom stereocenters. The molecule has 0 atom stereocenters. The average Bonchev–Trinajstić information content (AvgIpc) is 2.74. The molecule has 13 aromatic rings. The molecular weight excluding hydrogens is 977 g/mol. The molecule has 0 radical (unpaired) electrons. The van der Waals surface area contributed by atoms with Gasteiger partial charge in [-0.25, -0.2) is 0 Å². The minimum Gasteiger partial charge on any atom is -0.494 e. The zero-order valence-electron chi connectivity index (χ0n) is 47.6. The third kappa shape index (κ3) is 9.57. The van der Waals surface area contributed by atoms with Crippen LogP contribution in [0.5, 0.6) is 23.0 Å². The fourth-order valence-electron chi connectivity index (χ4n) is 13.4. The van der Waals surface area contributed by atoms with E-state index in [9.17, 15) is 0 Å². The van der Waals surface area contributed by atoms with Gasteiger partial charge in [0.05, 0.1) is 26.4 Å². The summed E-state index contributed by atoms with van der Waals surface area (Å²) in [6.45, 7) is 11.9. The molecule has 0 amide bonds. The zero-order valence-corrected chi connectivity index (χ0v) is 47.6. The van der Waals surface area contributed by atoms with Crippen LogP contribution in [-0.4, -0.2) is 26.4 Å². The van der Waals surface area contributed by atoms with E-state index in [1.54, 1.807) is 0 Å². The van der Waals surface area contributed by atoms with Crippen LogP contribution in [0.3, 0.4) is 0 Å². The molecule has 0 saturated carbocycles. The van der Waals surface area contributed by atoms with Crippen molar-refractivity contribution in [2.75, 3.05) is 26.4 Å². The standard InChI is InChI=1S/C76H76O4/c1-5-9-13-17-37-77-53-25-33-61-65(45-53)57-29-21-49-41-69(57)75-70-42-51(23-30-58(70)66-46-54(26-34-62(66)73(61)75)78-38-18-14-10-6-2)52-24-32-60-68-48-56(80-40-20-16-12-8-4)28-36-64(68)74-63-35-27-55(79-39-19-15-11-7-3)47-67(63)59-31-22-50(49)43-71(59)76(74)72(60)44-52/h21-36,41-48H,5-20,37-40H2,1-4H3. The summed E-state index contributed by atoms with van der Waals surface area (Å²) in [7, 11) is 0. The van der Waals surface area contributed by atoms with Gasteiger partial charge in [-0.05, 0) is 228 Å². The summed E-state index contributed by atoms with van der Waals surface area (Å²) >= 11 is 0. The molecule has 0 aliphatic carbocycles. The van der Waals surface area contributed by atoms with Crippen molar-refractivity contribution >= 4 is 129 Å². The lowest BCUT2D eigenvalue weighted by Crippen LogP contribution is -1.98. The van der Waals surface area contributed by atoms with Crippen LogP contribution in [0.2, 0.25) is 0 Å². The van der Waals surface area contributed by atoms with Crippen LogP contribution >= 0.6 is 0 Å². The molecule has 4 nitrogen and oxygen atoms in total. The molecule has 8 bridgehead atoms. The van der Waals surface area contributed by atoms with Crippen LogP contribution in [0.1, 0.15) is 130 Å². The summed E-state index contributed by atoms with van der Waals surface area (Å²) in [4.78, 5) is 0. The number of fused-ring (bicyclic) bond motifs is 18. The van der Waals surface area contributed by atoms with Gasteiger partial charge >= 0.3 is 0 Å². The third-order valence-corrected chi connectivity index (χ3v) is 17.6. The van der Waals surface area contributed by atoms with Crippen molar-refractivity contribution in [3.05, 3.63) is 146 Å². The molecule has 0 aromatic heterocycles. The SMILES string of the molecule is CCCCCCOc1ccc2c(c1)c1ccc3cc1c1c4cc(ccc4c4cc(OCCCCCC)ccc4c21)c1ccc2c4cc(OCCCCCC)ccc4c4c5ccc(OCCCCCC)cc5c5ccc3cc5c4c2c1. The lowest BCUT2D eigenvalue weighted by atomic mass is 9.85. The molecule has 0 N–H and O–H groups in total. The maximum atomic E-state index is 6.58. The topological polar surface area (TPSA) is 36.9 Å². The Morgan fingerprint density at radius 3 is 0.662 bits per heavy atom. The monoisotopic (exact) mass is 1050 g/mol. The Balaban J connectivity index is 1.13. The average molecular weight is 1050 g/mol. The van der Waals surface area contributed by atoms with Crippen LogP contribution in [-0.2, 0) is 0 Å². The Hall–Kier alpha value is -7.56. The van der Waals surface area contributed by atoms with E-state index in [0.29, 0.717) is 0 Å². The van der Waals surface area contributed by atoms with E-state index in [1.165, 1.54) is 206 Å². The Morgan fingerprint density at radius 2 is 0.425 bits per heavy atom. The highest BCUT2D eigenvalue weighted by Crippen LogP contribution is 2.49. The Bertz CT molecular complexity index is 3880. The summed E-state index contributed by atoms with van der Waals surface area (Å²) in [6, 6.07) is 56.4. The molecule has 13 aromatic carbocycles. The second-order valence-electron chi connectivity index (χ2n) is 23.0. The summed E-state index contributed by atoms with van der Waals surface area (Å²) in [5, 5.41) is 29.6. The first-order valence-electron chi connectivity index (χ1n) is 30.7. The maximum Gasteiger partial charge on any atom is 0.119 e. The number of hydrogen-bond acceptors (Lipinski definition) is 4. The van der Waals surface area contributed by atoms with Crippen molar-refractivity contribution in [3.63, 3.8) is 0 Å². The minimum atomic E-state index is 0.718. The molecule has 4 heteroatoms. The molecule has 0 spiro atoms. The van der Waals surface area contributed by atoms with Gasteiger partial charge in [-0.2, -0.15) is 0 Å². The van der Waals surface area contributed by atoms with Gasteiger partial charge in [-0.1, -0.05) is 178 Å². The van der Waals surface area contributed by atoms with Gasteiger partial charge in [-0.15, -0.1) is 0 Å². The maximum absolute atomic E-state index is 6.58. The lowest BCUT2D eigenvalue weighted by molar-refractivity contribution is 0.305. The molecule has 0 fully saturated rings. The first-order valence-corrected chi connectivity index (χ1v) is 30.7. The van der Waals surface area contributed by atoms with Crippen molar-refractivity contribution in [1.29, 1.82) is 0 Å². The van der Waals surface area contributed by atoms with E-state index in [1.807, 2.05) is 0 Å². The smallest absolute Gasteiger partial charge is 0.119 e. The van der Waals surface area contributed by atoms with Crippen LogP contribution in [0, 0.1) is 0 Å². The van der Waals surface area contributed by atoms with Gasteiger partial charge in [0.25, 0.3) is 0 Å². The largest absolute Gasteiger partial charge is 0.494 e. The van der Waals surface area contributed by atoms with E-state index >= 15 is 0 Å². The zero-order chi connectivity index (χ0) is 54.1. The van der Waals surface area contributed by atoms with Crippen molar-refractivity contribution in [2.24, 2.45) is 0 Å². The van der Waals surface area contributed by atoms with Crippen LogP contribution < -0.4 is 18.9 Å². The van der Waals surface area contributed by atoms with Crippen molar-refractivity contribution in [3.8, 4) is 23.0 Å². The predicted molar refractivity (Wildman–Crippen MR) is 346 cm³/mol. The van der Waals surface area contributed by atoms with Gasteiger partial charge < -0.3 is 18.9 Å². The number of rotatable bonds is 24. The van der Waals surface area contributed by atoms with E-state index < -0.39 is 0 Å². The molecule has 13 rings (SSSR count). The van der Waals surface area contributed by atoms with Gasteiger partial charge in [0.2, 0.25) is 0 Å². The molecule has 0 heterocycles. The second-order valence-corrected chi connectivity index (χ2v) is 23.0. The Morgan fingerprint density at radius 1 is 0.200 bits per heavy atom. The lowest BCUT2D eigenvalue weighted by Gasteiger charge is -2.19. The number of hydrogen-bond donors (Lipinski definition) is 0. The van der Waals surface area contributed by atoms with Gasteiger partial charge in [-0.3, -0.25) is 0 Å². The fraction of sp³-hybridized carbons (Fsp3) is 0.316. The normalized spacial score (nSPS) is 12.2. The number of unbranched alkanes of at least 4 members (excludes halogenated alkanes) is 12. The highest BCUT2D eigenvalue weighted by Gasteiger charge is 2.21. The van der Waals surface area contributed by atoms with Crippen LogP contribution in [0.25, 0.3) is 129 Å². The molecule has 0 aliphatic rings. The van der Waals surface area contributed by atoms with E-state index in [0.717, 1.165) is 75.1 Å². The first kappa shape index (κ1) is 51.9. The van der Waals surface area contributed by atoms with E-state index in [2.05, 4.69) is 173 Å². The van der Waals surface area contributed by atoms with E-state index in [-0.39, 0.29) is 0 Å². The molecule has 80 heavy (non-hydrogen) atoms. The van der Waals surface area contributed by atoms with Crippen LogP contribution in [0.4, 0.5) is 0 Å². The van der Waals surface area contributed by atoms with Gasteiger partial charge in [0, 0.05) is 0 Å². The van der Waals surface area contributed by atoms with Crippen LogP contribution in [0.15, 0.2) is 146 Å². The van der Waals surface area contributed by atoms with Crippen molar-refractivity contribution < 1.29 is 18.9 Å². The summed E-state index contributed by atoms with van der Waals surface area (Å²) < 4.78 is 26.3. The molecule has 404 valence electrons. The Kier molecular flexibility index (Phi) is 14.8. The highest BCUT2D eigenvalue weighted by molar-refractivity contribution is 6.42. The third-order valence-electron chi connectivity index (χ3n) is 17.6. The first-order chi connectivity index (χ1) is 39.5. The van der Waals surface area contributed by atoms with Gasteiger partial charge in [0.1, 0.15) is 23.0 Å². The van der Waals surface area contributed by atoms with Gasteiger partial charge in [0.15, 0.2) is 0 Å². The van der Waals surface area contributed by atoms with Crippen molar-refractivity contribution in [1.82, 2.24) is 0 Å². The summed E-state index contributed by atoms with van der Waals surface area (Å²) in [6.07, 6.45) is 18.7. The quantitative estimate of drug-likeness (QED) is 0.0446. The second kappa shape index (κ2) is 22.9. The predicted octanol–water partition coefficient (Wildman–Crippen LogP) is 22.8. The minimum absolute atomic E-state index is 0.718. The molecule has 0 saturated heterocycles.